The van der Waals surface area contributed by atoms with Crippen LogP contribution in [0.1, 0.15) is 68.7 Å². The second kappa shape index (κ2) is 10.0. The maximum absolute atomic E-state index is 6.36. The number of ether oxygens (including phenoxy) is 2. The normalized spacial score (nSPS) is 19.2. The first-order valence-corrected chi connectivity index (χ1v) is 11.5. The number of nitrogens with one attached hydrogen (secondary N) is 2. The zero-order chi connectivity index (χ0) is 21.6. The molecule has 1 saturated carbocycles. The van der Waals surface area contributed by atoms with Crippen LogP contribution in [0.2, 0.25) is 0 Å². The average Bonchev–Trinajstić information content (AvgIpc) is 3.42. The van der Waals surface area contributed by atoms with Crippen molar-refractivity contribution in [3.8, 4) is 11.5 Å². The molecule has 2 heterocycles. The van der Waals surface area contributed by atoms with Gasteiger partial charge in [-0.3, -0.25) is 0 Å². The van der Waals surface area contributed by atoms with Crippen LogP contribution in [-0.2, 0) is 13.1 Å². The van der Waals surface area contributed by atoms with E-state index in [1.54, 1.807) is 7.11 Å². The predicted molar refractivity (Wildman–Crippen MR) is 121 cm³/mol. The lowest BCUT2D eigenvalue weighted by molar-refractivity contribution is 0.198. The molecule has 4 rings (SSSR count). The summed E-state index contributed by atoms with van der Waals surface area (Å²) in [6, 6.07) is 6.13. The molecular weight excluding hydrogens is 392 g/mol. The smallest absolute Gasteiger partial charge is 0.192 e. The van der Waals surface area contributed by atoms with Crippen molar-refractivity contribution in [2.75, 3.05) is 13.7 Å². The van der Waals surface area contributed by atoms with Gasteiger partial charge in [0.25, 0.3) is 0 Å². The predicted octanol–water partition coefficient (Wildman–Crippen LogP) is 3.51. The van der Waals surface area contributed by atoms with Crippen molar-refractivity contribution >= 4 is 5.96 Å². The van der Waals surface area contributed by atoms with Crippen LogP contribution in [0.15, 0.2) is 23.2 Å². The van der Waals surface area contributed by atoms with Gasteiger partial charge in [0.05, 0.1) is 25.8 Å². The van der Waals surface area contributed by atoms with Crippen LogP contribution in [0.5, 0.6) is 11.5 Å². The molecule has 0 radical (unpaired) electrons. The van der Waals surface area contributed by atoms with Gasteiger partial charge < -0.3 is 20.1 Å². The maximum atomic E-state index is 6.36. The third-order valence-corrected chi connectivity index (χ3v) is 5.91. The summed E-state index contributed by atoms with van der Waals surface area (Å²) in [5.74, 6) is 4.17. The number of fused-ring (bicyclic) bond motifs is 1. The van der Waals surface area contributed by atoms with Gasteiger partial charge >= 0.3 is 0 Å². The molecule has 2 aliphatic rings. The summed E-state index contributed by atoms with van der Waals surface area (Å²) in [6.45, 7) is 6.23. The zero-order valence-corrected chi connectivity index (χ0v) is 18.9. The fourth-order valence-electron chi connectivity index (χ4n) is 4.41. The second-order valence-electron chi connectivity index (χ2n) is 8.25. The quantitative estimate of drug-likeness (QED) is 0.521. The number of hydrogen-bond acceptors (Lipinski definition) is 5. The minimum atomic E-state index is 0.104. The van der Waals surface area contributed by atoms with Crippen molar-refractivity contribution in [1.82, 2.24) is 25.4 Å². The van der Waals surface area contributed by atoms with Crippen molar-refractivity contribution in [3.05, 3.63) is 35.4 Å². The molecule has 8 nitrogen and oxygen atoms in total. The summed E-state index contributed by atoms with van der Waals surface area (Å²) in [7, 11) is 1.69. The molecule has 1 fully saturated rings. The van der Waals surface area contributed by atoms with E-state index in [1.165, 1.54) is 12.8 Å². The van der Waals surface area contributed by atoms with Gasteiger partial charge in [-0.05, 0) is 58.4 Å². The van der Waals surface area contributed by atoms with Gasteiger partial charge in [0, 0.05) is 18.7 Å². The molecular formula is C23H34N6O2. The summed E-state index contributed by atoms with van der Waals surface area (Å²) >= 11 is 0. The van der Waals surface area contributed by atoms with E-state index in [1.807, 2.05) is 23.7 Å². The number of hydrogen-bond donors (Lipinski definition) is 2. The Bertz CT molecular complexity index is 903. The van der Waals surface area contributed by atoms with E-state index in [4.69, 9.17) is 14.5 Å². The highest BCUT2D eigenvalue weighted by Gasteiger charge is 2.25. The van der Waals surface area contributed by atoms with Crippen molar-refractivity contribution in [2.45, 2.75) is 77.6 Å². The van der Waals surface area contributed by atoms with Crippen LogP contribution in [0.25, 0.3) is 0 Å². The first-order chi connectivity index (χ1) is 15.2. The molecule has 1 aromatic heterocycles. The largest absolute Gasteiger partial charge is 0.493 e. The molecule has 1 aliphatic heterocycles. The third kappa shape index (κ3) is 5.11. The Morgan fingerprint density at radius 3 is 2.84 bits per heavy atom. The van der Waals surface area contributed by atoms with Crippen LogP contribution < -0.4 is 20.1 Å². The number of methoxy groups -OCH3 is 1. The molecule has 1 aliphatic carbocycles. The molecule has 168 valence electrons. The Morgan fingerprint density at radius 2 is 2.06 bits per heavy atom. The average molecular weight is 427 g/mol. The number of benzene rings is 1. The Hall–Kier alpha value is -2.77. The molecule has 1 unspecified atom stereocenters. The summed E-state index contributed by atoms with van der Waals surface area (Å²) in [6.07, 6.45) is 7.02. The molecule has 0 amide bonds. The zero-order valence-electron chi connectivity index (χ0n) is 18.9. The molecule has 31 heavy (non-hydrogen) atoms. The number of aliphatic imine (C=N–C) groups is 1. The van der Waals surface area contributed by atoms with Crippen LogP contribution in [0, 0.1) is 6.92 Å². The van der Waals surface area contributed by atoms with Crippen LogP contribution in [-0.4, -0.2) is 40.5 Å². The van der Waals surface area contributed by atoms with Crippen molar-refractivity contribution in [3.63, 3.8) is 0 Å². The van der Waals surface area contributed by atoms with Crippen LogP contribution >= 0.6 is 0 Å². The molecule has 0 saturated heterocycles. The Morgan fingerprint density at radius 1 is 1.23 bits per heavy atom. The van der Waals surface area contributed by atoms with Gasteiger partial charge in [0.2, 0.25) is 0 Å². The number of nitrogens with zero attached hydrogens (tertiary/aromatic N) is 4. The van der Waals surface area contributed by atoms with E-state index in [2.05, 4.69) is 33.7 Å². The van der Waals surface area contributed by atoms with E-state index >= 15 is 0 Å². The van der Waals surface area contributed by atoms with E-state index in [9.17, 15) is 0 Å². The number of aryl methyl sites for hydroxylation is 2. The molecule has 2 aromatic rings. The van der Waals surface area contributed by atoms with Gasteiger partial charge in [0.1, 0.15) is 11.6 Å². The molecule has 2 N–H and O–H groups in total. The lowest BCUT2D eigenvalue weighted by Gasteiger charge is -2.25. The molecule has 0 spiro atoms. The second-order valence-corrected chi connectivity index (χ2v) is 8.25. The Labute approximate surface area is 184 Å². The van der Waals surface area contributed by atoms with Gasteiger partial charge in [-0.25, -0.2) is 14.7 Å². The molecule has 1 atom stereocenters. The Balaban J connectivity index is 1.52. The van der Waals surface area contributed by atoms with Crippen LogP contribution in [0.4, 0.5) is 0 Å². The maximum Gasteiger partial charge on any atom is 0.192 e. The molecule has 8 heteroatoms. The van der Waals surface area contributed by atoms with E-state index in [-0.39, 0.29) is 12.1 Å². The first kappa shape index (κ1) is 21.5. The molecule has 1 aromatic carbocycles. The fourth-order valence-corrected chi connectivity index (χ4v) is 4.41. The summed E-state index contributed by atoms with van der Waals surface area (Å²) in [5, 5.41) is 11.4. The standard InChI is InChI=1S/C23H34N6O2/c1-4-24-23(27-19-12-8-14-29-22(19)26-16(2)28-29)25-15-17-9-7-13-20(30-3)21(17)31-18-10-5-6-11-18/h7,9,13,18-19H,4-6,8,10-12,14-15H2,1-3H3,(H2,24,25,27). The Kier molecular flexibility index (Phi) is 6.94. The number of aromatic nitrogens is 3. The van der Waals surface area contributed by atoms with Gasteiger partial charge in [-0.1, -0.05) is 12.1 Å². The number of guanidine groups is 1. The lowest BCUT2D eigenvalue weighted by atomic mass is 10.1. The highest BCUT2D eigenvalue weighted by Crippen LogP contribution is 2.35. The van der Waals surface area contributed by atoms with Crippen LogP contribution in [0.3, 0.4) is 0 Å². The lowest BCUT2D eigenvalue weighted by Crippen LogP contribution is -2.41. The fraction of sp³-hybridized carbons (Fsp3) is 0.609. The number of para-hydroxylation sites is 1. The summed E-state index contributed by atoms with van der Waals surface area (Å²) < 4.78 is 14.0. The summed E-state index contributed by atoms with van der Waals surface area (Å²) in [5.41, 5.74) is 1.03. The monoisotopic (exact) mass is 426 g/mol. The third-order valence-electron chi connectivity index (χ3n) is 5.91. The van der Waals surface area contributed by atoms with Crippen molar-refractivity contribution < 1.29 is 9.47 Å². The minimum absolute atomic E-state index is 0.104. The van der Waals surface area contributed by atoms with Gasteiger partial charge in [0.15, 0.2) is 17.5 Å². The van der Waals surface area contributed by atoms with Gasteiger partial charge in [-0.15, -0.1) is 0 Å². The highest BCUT2D eigenvalue weighted by molar-refractivity contribution is 5.80. The highest BCUT2D eigenvalue weighted by atomic mass is 16.5. The number of rotatable bonds is 7. The van der Waals surface area contributed by atoms with Crippen molar-refractivity contribution in [1.29, 1.82) is 0 Å². The van der Waals surface area contributed by atoms with E-state index in [0.29, 0.717) is 6.54 Å². The van der Waals surface area contributed by atoms with Gasteiger partial charge in [-0.2, -0.15) is 5.10 Å². The van der Waals surface area contributed by atoms with E-state index in [0.717, 1.165) is 73.4 Å². The molecule has 0 bridgehead atoms. The van der Waals surface area contributed by atoms with Crippen molar-refractivity contribution in [2.24, 2.45) is 4.99 Å². The SMILES string of the molecule is CCNC(=NCc1cccc(OC)c1OC1CCCC1)NC1CCCn2nc(C)nc21. The van der Waals surface area contributed by atoms with E-state index < -0.39 is 0 Å². The summed E-state index contributed by atoms with van der Waals surface area (Å²) in [4.78, 5) is 9.50. The topological polar surface area (TPSA) is 85.6 Å². The minimum Gasteiger partial charge on any atom is -0.493 e. The first-order valence-electron chi connectivity index (χ1n) is 11.5.